The molecule has 4 rings (SSSR count). The lowest BCUT2D eigenvalue weighted by molar-refractivity contribution is 0.102. The number of amides is 1. The second-order valence-corrected chi connectivity index (χ2v) is 9.79. The molecule has 0 unspecified atom stereocenters. The van der Waals surface area contributed by atoms with Crippen LogP contribution in [-0.2, 0) is 12.8 Å². The summed E-state index contributed by atoms with van der Waals surface area (Å²) in [6.45, 7) is 0.625. The minimum atomic E-state index is -2.71. The molecule has 2 aromatic rings. The molecule has 1 heterocycles. The third kappa shape index (κ3) is 4.22. The number of hydrogen-bond donors (Lipinski definition) is 3. The van der Waals surface area contributed by atoms with Crippen LogP contribution in [0.5, 0.6) is 5.75 Å². The molecule has 0 bridgehead atoms. The molecule has 2 aliphatic rings. The average molecular weight is 417 g/mol. The van der Waals surface area contributed by atoms with Crippen LogP contribution >= 0.6 is 10.8 Å². The zero-order valence-electron chi connectivity index (χ0n) is 16.7. The molecule has 0 radical (unpaired) electrons. The third-order valence-electron chi connectivity index (χ3n) is 5.70. The van der Waals surface area contributed by atoms with Gasteiger partial charge in [-0.15, -0.1) is 10.8 Å². The van der Waals surface area contributed by atoms with Gasteiger partial charge in [-0.1, -0.05) is 6.42 Å². The predicted octanol–water partition coefficient (Wildman–Crippen LogP) is 5.09. The van der Waals surface area contributed by atoms with Crippen molar-refractivity contribution in [3.8, 4) is 5.75 Å². The zero-order valence-corrected chi connectivity index (χ0v) is 17.5. The SMILES string of the molecule is COc1cc2c(cc1C(=O)Nc1ccc(N3CCCS3(O)O)cc1)CCCCC2. The standard InChI is InChI=1S/C22H28N2O4S/c1-28-21-15-17-7-4-2-3-6-16(17)14-20(21)22(25)23-18-8-10-19(11-9-18)24-12-5-13-29(24,26)27/h8-11,14-15,26-27H,2-7,12-13H2,1H3,(H,23,25). The van der Waals surface area contributed by atoms with E-state index < -0.39 is 10.8 Å². The van der Waals surface area contributed by atoms with Gasteiger partial charge in [0.1, 0.15) is 5.75 Å². The summed E-state index contributed by atoms with van der Waals surface area (Å²) >= 11 is 0. The maximum atomic E-state index is 12.9. The molecule has 0 atom stereocenters. The maximum Gasteiger partial charge on any atom is 0.259 e. The lowest BCUT2D eigenvalue weighted by Gasteiger charge is -2.38. The van der Waals surface area contributed by atoms with Crippen LogP contribution in [0, 0.1) is 0 Å². The van der Waals surface area contributed by atoms with Crippen LogP contribution < -0.4 is 14.4 Å². The number of hydrogen-bond acceptors (Lipinski definition) is 5. The van der Waals surface area contributed by atoms with E-state index >= 15 is 0 Å². The fraction of sp³-hybridized carbons (Fsp3) is 0.409. The molecule has 156 valence electrons. The molecule has 1 fully saturated rings. The molecule has 1 amide bonds. The largest absolute Gasteiger partial charge is 0.496 e. The molecule has 3 N–H and O–H groups in total. The van der Waals surface area contributed by atoms with Gasteiger partial charge < -0.3 is 10.1 Å². The van der Waals surface area contributed by atoms with E-state index in [4.69, 9.17) is 4.74 Å². The number of ether oxygens (including phenoxy) is 1. The van der Waals surface area contributed by atoms with Crippen molar-refractivity contribution in [2.75, 3.05) is 29.0 Å². The number of rotatable bonds is 4. The average Bonchev–Trinajstić information content (AvgIpc) is 2.92. The molecule has 2 aromatic carbocycles. The summed E-state index contributed by atoms with van der Waals surface area (Å²) in [5, 5.41) is 2.94. The van der Waals surface area contributed by atoms with E-state index in [0.717, 1.165) is 31.4 Å². The summed E-state index contributed by atoms with van der Waals surface area (Å²) < 4.78 is 27.4. The summed E-state index contributed by atoms with van der Waals surface area (Å²) in [5.41, 5.74) is 4.48. The van der Waals surface area contributed by atoms with Gasteiger partial charge in [0, 0.05) is 12.2 Å². The predicted molar refractivity (Wildman–Crippen MR) is 118 cm³/mol. The van der Waals surface area contributed by atoms with E-state index in [1.165, 1.54) is 24.0 Å². The van der Waals surface area contributed by atoms with Crippen LogP contribution in [0.15, 0.2) is 36.4 Å². The molecule has 1 aliphatic carbocycles. The van der Waals surface area contributed by atoms with E-state index in [1.807, 2.05) is 24.3 Å². The quantitative estimate of drug-likeness (QED) is 0.605. The van der Waals surface area contributed by atoms with Crippen molar-refractivity contribution in [3.63, 3.8) is 0 Å². The van der Waals surface area contributed by atoms with E-state index in [9.17, 15) is 13.9 Å². The first-order valence-electron chi connectivity index (χ1n) is 10.1. The van der Waals surface area contributed by atoms with Gasteiger partial charge in [0.25, 0.3) is 5.91 Å². The molecule has 6 nitrogen and oxygen atoms in total. The molecule has 1 saturated heterocycles. The molecule has 1 aliphatic heterocycles. The summed E-state index contributed by atoms with van der Waals surface area (Å²) in [7, 11) is -1.11. The topological polar surface area (TPSA) is 82.0 Å². The third-order valence-corrected chi connectivity index (χ3v) is 7.64. The number of carbonyl (C=O) groups is 1. The highest BCUT2D eigenvalue weighted by Crippen LogP contribution is 2.50. The highest BCUT2D eigenvalue weighted by Gasteiger charge is 2.29. The second-order valence-electron chi connectivity index (χ2n) is 7.67. The Morgan fingerprint density at radius 3 is 2.34 bits per heavy atom. The fourth-order valence-corrected chi connectivity index (χ4v) is 5.77. The molecule has 7 heteroatoms. The first-order valence-corrected chi connectivity index (χ1v) is 11.8. The van der Waals surface area contributed by atoms with Gasteiger partial charge in [-0.05, 0) is 79.6 Å². The zero-order chi connectivity index (χ0) is 20.4. The monoisotopic (exact) mass is 416 g/mol. The highest BCUT2D eigenvalue weighted by atomic mass is 32.3. The molecule has 0 aromatic heterocycles. The lowest BCUT2D eigenvalue weighted by Crippen LogP contribution is -2.21. The van der Waals surface area contributed by atoms with Crippen molar-refractivity contribution in [1.29, 1.82) is 0 Å². The minimum Gasteiger partial charge on any atom is -0.496 e. The Balaban J connectivity index is 1.53. The van der Waals surface area contributed by atoms with Gasteiger partial charge in [0.05, 0.1) is 24.1 Å². The fourth-order valence-electron chi connectivity index (χ4n) is 4.15. The van der Waals surface area contributed by atoms with Gasteiger partial charge in [-0.3, -0.25) is 18.2 Å². The smallest absolute Gasteiger partial charge is 0.259 e. The van der Waals surface area contributed by atoms with Crippen LogP contribution in [0.1, 0.15) is 47.2 Å². The van der Waals surface area contributed by atoms with Gasteiger partial charge in [-0.2, -0.15) is 0 Å². The van der Waals surface area contributed by atoms with Crippen molar-refractivity contribution in [3.05, 3.63) is 53.1 Å². The Labute approximate surface area is 173 Å². The Kier molecular flexibility index (Phi) is 5.72. The number of anilines is 2. The van der Waals surface area contributed by atoms with Crippen LogP contribution in [0.25, 0.3) is 0 Å². The van der Waals surface area contributed by atoms with Gasteiger partial charge in [-0.25, -0.2) is 0 Å². The first-order chi connectivity index (χ1) is 14.0. The van der Waals surface area contributed by atoms with Crippen molar-refractivity contribution >= 4 is 28.1 Å². The molecular formula is C22H28N2O4S. The van der Waals surface area contributed by atoms with Gasteiger partial charge in [0.2, 0.25) is 0 Å². The number of nitrogens with one attached hydrogen (secondary N) is 1. The van der Waals surface area contributed by atoms with Crippen LogP contribution in [0.4, 0.5) is 11.4 Å². The molecular weight excluding hydrogens is 388 g/mol. The number of nitrogens with zero attached hydrogens (tertiary/aromatic N) is 1. The number of benzene rings is 2. The van der Waals surface area contributed by atoms with Crippen molar-refractivity contribution in [2.24, 2.45) is 0 Å². The Morgan fingerprint density at radius 2 is 1.72 bits per heavy atom. The number of fused-ring (bicyclic) bond motifs is 1. The Bertz CT molecular complexity index is 898. The summed E-state index contributed by atoms with van der Waals surface area (Å²) in [5.74, 6) is 0.807. The van der Waals surface area contributed by atoms with Crippen molar-refractivity contribution in [1.82, 2.24) is 0 Å². The van der Waals surface area contributed by atoms with Crippen LogP contribution in [0.2, 0.25) is 0 Å². The molecule has 29 heavy (non-hydrogen) atoms. The highest BCUT2D eigenvalue weighted by molar-refractivity contribution is 8.25. The number of carbonyl (C=O) groups excluding carboxylic acids is 1. The Hall–Kier alpha value is -2.22. The number of methoxy groups -OCH3 is 1. The normalized spacial score (nSPS) is 19.2. The lowest BCUT2D eigenvalue weighted by atomic mass is 9.98. The summed E-state index contributed by atoms with van der Waals surface area (Å²) in [4.78, 5) is 12.9. The van der Waals surface area contributed by atoms with Crippen LogP contribution in [-0.4, -0.2) is 34.4 Å². The summed E-state index contributed by atoms with van der Waals surface area (Å²) in [6.07, 6.45) is 6.33. The van der Waals surface area contributed by atoms with Gasteiger partial charge >= 0.3 is 0 Å². The van der Waals surface area contributed by atoms with Crippen LogP contribution in [0.3, 0.4) is 0 Å². The Morgan fingerprint density at radius 1 is 1.03 bits per heavy atom. The van der Waals surface area contributed by atoms with E-state index in [-0.39, 0.29) is 5.91 Å². The van der Waals surface area contributed by atoms with E-state index in [0.29, 0.717) is 29.3 Å². The van der Waals surface area contributed by atoms with E-state index in [1.54, 1.807) is 23.5 Å². The summed E-state index contributed by atoms with van der Waals surface area (Å²) in [6, 6.07) is 11.2. The first kappa shape index (κ1) is 20.1. The maximum absolute atomic E-state index is 12.9. The second kappa shape index (κ2) is 8.26. The number of aryl methyl sites for hydroxylation is 2. The minimum absolute atomic E-state index is 0.202. The van der Waals surface area contributed by atoms with Crippen molar-refractivity contribution < 1.29 is 18.6 Å². The van der Waals surface area contributed by atoms with Gasteiger partial charge in [0.15, 0.2) is 0 Å². The molecule has 0 spiro atoms. The van der Waals surface area contributed by atoms with E-state index in [2.05, 4.69) is 5.32 Å². The van der Waals surface area contributed by atoms with Crippen molar-refractivity contribution in [2.45, 2.75) is 38.5 Å². The molecule has 0 saturated carbocycles.